The van der Waals surface area contributed by atoms with E-state index in [1.54, 1.807) is 32.9 Å². The summed E-state index contributed by atoms with van der Waals surface area (Å²) in [6, 6.07) is 6.02. The molecule has 1 amide bonds. The predicted octanol–water partition coefficient (Wildman–Crippen LogP) is 5.13. The minimum Gasteiger partial charge on any atom is -0.444 e. The molecule has 11 heteroatoms. The first-order valence-electron chi connectivity index (χ1n) is 10.9. The highest BCUT2D eigenvalue weighted by Crippen LogP contribution is 2.34. The molecule has 7 nitrogen and oxygen atoms in total. The number of hydrogen-bond acceptors (Lipinski definition) is 5. The number of halogens is 4. The van der Waals surface area contributed by atoms with E-state index in [2.05, 4.69) is 4.98 Å². The van der Waals surface area contributed by atoms with Gasteiger partial charge in [0, 0.05) is 18.2 Å². The van der Waals surface area contributed by atoms with Crippen LogP contribution >= 0.6 is 11.6 Å². The Morgan fingerprint density at radius 3 is 2.63 bits per heavy atom. The van der Waals surface area contributed by atoms with Crippen LogP contribution in [0, 0.1) is 5.82 Å². The standard InChI is InChI=1S/C24H24ClF3N4O3/c1-24(2,3)35-23(34)31-11-14(29)10-18(31)21-30-17-6-4-5-16(25)19(17)22(33)32(21)15-8-12(20(27)28)7-13(26)9-15/h4-9,14,18,20H,10-11,29H2,1-3H3/t14-,18+/m1/s1. The minimum atomic E-state index is -2.97. The molecular formula is C24H24ClF3N4O3. The van der Waals surface area contributed by atoms with Crippen LogP contribution in [0.2, 0.25) is 5.02 Å². The summed E-state index contributed by atoms with van der Waals surface area (Å²) in [6.07, 6.45) is -3.43. The Hall–Kier alpha value is -3.11. The monoisotopic (exact) mass is 508 g/mol. The number of hydrogen-bond donors (Lipinski definition) is 1. The fraction of sp³-hybridized carbons (Fsp3) is 0.375. The lowest BCUT2D eigenvalue weighted by molar-refractivity contribution is 0.0215. The summed E-state index contributed by atoms with van der Waals surface area (Å²) in [4.78, 5) is 32.6. The molecule has 1 fully saturated rings. The van der Waals surface area contributed by atoms with Crippen LogP contribution < -0.4 is 11.3 Å². The second-order valence-corrected chi connectivity index (χ2v) is 9.84. The molecule has 0 aliphatic carbocycles. The van der Waals surface area contributed by atoms with Gasteiger partial charge in [-0.3, -0.25) is 14.3 Å². The predicted molar refractivity (Wildman–Crippen MR) is 126 cm³/mol. The van der Waals surface area contributed by atoms with Crippen LogP contribution in [0.25, 0.3) is 16.6 Å². The van der Waals surface area contributed by atoms with E-state index >= 15 is 0 Å². The van der Waals surface area contributed by atoms with Crippen molar-refractivity contribution in [2.24, 2.45) is 5.73 Å². The number of likely N-dealkylation sites (tertiary alicyclic amines) is 1. The van der Waals surface area contributed by atoms with Crippen molar-refractivity contribution in [2.45, 2.75) is 51.3 Å². The van der Waals surface area contributed by atoms with Crippen molar-refractivity contribution in [3.05, 3.63) is 69.0 Å². The third-order valence-corrected chi connectivity index (χ3v) is 5.86. The lowest BCUT2D eigenvalue weighted by Crippen LogP contribution is -2.39. The molecule has 1 aliphatic rings. The van der Waals surface area contributed by atoms with Crippen LogP contribution in [-0.4, -0.2) is 38.7 Å². The van der Waals surface area contributed by atoms with E-state index < -0.39 is 47.1 Å². The molecule has 186 valence electrons. The van der Waals surface area contributed by atoms with Gasteiger partial charge in [-0.05, 0) is 57.5 Å². The van der Waals surface area contributed by atoms with Crippen LogP contribution in [0.1, 0.15) is 51.0 Å². The summed E-state index contributed by atoms with van der Waals surface area (Å²) in [7, 11) is 0. The second kappa shape index (κ2) is 9.16. The van der Waals surface area contributed by atoms with Crippen LogP contribution in [0.15, 0.2) is 41.2 Å². The van der Waals surface area contributed by atoms with Crippen molar-refractivity contribution in [2.75, 3.05) is 6.54 Å². The number of aromatic nitrogens is 2. The highest BCUT2D eigenvalue weighted by atomic mass is 35.5. The van der Waals surface area contributed by atoms with Gasteiger partial charge in [-0.15, -0.1) is 0 Å². The molecule has 4 rings (SSSR count). The number of carbonyl (C=O) groups is 1. The molecule has 0 saturated carbocycles. The molecular weight excluding hydrogens is 485 g/mol. The quantitative estimate of drug-likeness (QED) is 0.530. The van der Waals surface area contributed by atoms with Crippen molar-refractivity contribution >= 4 is 28.6 Å². The fourth-order valence-corrected chi connectivity index (χ4v) is 4.42. The summed E-state index contributed by atoms with van der Waals surface area (Å²) in [5, 5.41) is 0.129. The van der Waals surface area contributed by atoms with Gasteiger partial charge >= 0.3 is 6.09 Å². The van der Waals surface area contributed by atoms with Crippen molar-refractivity contribution in [1.29, 1.82) is 0 Å². The first-order valence-corrected chi connectivity index (χ1v) is 11.3. The number of rotatable bonds is 3. The average Bonchev–Trinajstić information content (AvgIpc) is 3.13. The molecule has 3 aromatic rings. The topological polar surface area (TPSA) is 90.5 Å². The fourth-order valence-electron chi connectivity index (χ4n) is 4.17. The maximum absolute atomic E-state index is 14.4. The van der Waals surface area contributed by atoms with E-state index in [9.17, 15) is 22.8 Å². The number of ether oxygens (including phenoxy) is 1. The molecule has 2 heterocycles. The van der Waals surface area contributed by atoms with Gasteiger partial charge in [0.05, 0.1) is 27.7 Å². The van der Waals surface area contributed by atoms with E-state index in [4.69, 9.17) is 22.1 Å². The van der Waals surface area contributed by atoms with Gasteiger partial charge in [0.2, 0.25) is 0 Å². The van der Waals surface area contributed by atoms with Crippen molar-refractivity contribution in [1.82, 2.24) is 14.5 Å². The van der Waals surface area contributed by atoms with Crippen LogP contribution in [0.4, 0.5) is 18.0 Å². The van der Waals surface area contributed by atoms with Crippen molar-refractivity contribution in [3.8, 4) is 5.69 Å². The van der Waals surface area contributed by atoms with Gasteiger partial charge in [0.1, 0.15) is 17.2 Å². The number of benzene rings is 2. The van der Waals surface area contributed by atoms with E-state index in [0.717, 1.165) is 16.7 Å². The highest BCUT2D eigenvalue weighted by molar-refractivity contribution is 6.35. The first kappa shape index (κ1) is 25.0. The Balaban J connectivity index is 1.99. The Morgan fingerprint density at radius 1 is 1.26 bits per heavy atom. The lowest BCUT2D eigenvalue weighted by Gasteiger charge is -2.29. The summed E-state index contributed by atoms with van der Waals surface area (Å²) < 4.78 is 47.8. The SMILES string of the molecule is CC(C)(C)OC(=O)N1C[C@H](N)C[C@H]1c1nc2cccc(Cl)c2c(=O)n1-c1cc(F)cc(C(F)F)c1. The molecule has 2 atom stereocenters. The molecule has 1 aromatic heterocycles. The Morgan fingerprint density at radius 2 is 1.97 bits per heavy atom. The molecule has 1 aliphatic heterocycles. The smallest absolute Gasteiger partial charge is 0.410 e. The number of fused-ring (bicyclic) bond motifs is 1. The van der Waals surface area contributed by atoms with Crippen molar-refractivity contribution in [3.63, 3.8) is 0 Å². The third-order valence-electron chi connectivity index (χ3n) is 5.55. The summed E-state index contributed by atoms with van der Waals surface area (Å²) >= 11 is 6.27. The van der Waals surface area contributed by atoms with Crippen LogP contribution in [0.3, 0.4) is 0 Å². The van der Waals surface area contributed by atoms with Gasteiger partial charge < -0.3 is 10.5 Å². The van der Waals surface area contributed by atoms with E-state index in [1.165, 1.54) is 11.0 Å². The van der Waals surface area contributed by atoms with Gasteiger partial charge in [-0.1, -0.05) is 17.7 Å². The highest BCUT2D eigenvalue weighted by Gasteiger charge is 2.40. The molecule has 2 aromatic carbocycles. The molecule has 0 unspecified atom stereocenters. The molecule has 35 heavy (non-hydrogen) atoms. The van der Waals surface area contributed by atoms with Gasteiger partial charge in [0.25, 0.3) is 12.0 Å². The lowest BCUT2D eigenvalue weighted by atomic mass is 10.1. The number of amides is 1. The Kier molecular flexibility index (Phi) is 6.54. The van der Waals surface area contributed by atoms with Crippen molar-refractivity contribution < 1.29 is 22.7 Å². The summed E-state index contributed by atoms with van der Waals surface area (Å²) in [5.41, 5.74) is 4.14. The number of nitrogens with zero attached hydrogens (tertiary/aromatic N) is 3. The maximum atomic E-state index is 14.4. The molecule has 1 saturated heterocycles. The molecule has 0 radical (unpaired) electrons. The minimum absolute atomic E-state index is 0.0342. The average molecular weight is 509 g/mol. The first-order chi connectivity index (χ1) is 16.4. The van der Waals surface area contributed by atoms with E-state index in [-0.39, 0.29) is 40.4 Å². The van der Waals surface area contributed by atoms with Gasteiger partial charge in [0.15, 0.2) is 0 Å². The van der Waals surface area contributed by atoms with Crippen LogP contribution in [-0.2, 0) is 4.74 Å². The number of nitrogens with two attached hydrogens (primary N) is 1. The maximum Gasteiger partial charge on any atom is 0.410 e. The zero-order valence-corrected chi connectivity index (χ0v) is 20.0. The van der Waals surface area contributed by atoms with E-state index in [0.29, 0.717) is 6.07 Å². The number of carbonyl (C=O) groups excluding carboxylic acids is 1. The van der Waals surface area contributed by atoms with Gasteiger partial charge in [-0.2, -0.15) is 0 Å². The molecule has 0 spiro atoms. The van der Waals surface area contributed by atoms with E-state index in [1.807, 2.05) is 0 Å². The molecule has 2 N–H and O–H groups in total. The summed E-state index contributed by atoms with van der Waals surface area (Å²) in [5.74, 6) is -0.920. The third kappa shape index (κ3) is 4.99. The number of alkyl halides is 2. The second-order valence-electron chi connectivity index (χ2n) is 9.43. The normalized spacial score (nSPS) is 18.5. The largest absolute Gasteiger partial charge is 0.444 e. The zero-order chi connectivity index (χ0) is 25.7. The molecule has 0 bridgehead atoms. The zero-order valence-electron chi connectivity index (χ0n) is 19.3. The van der Waals surface area contributed by atoms with Crippen LogP contribution in [0.5, 0.6) is 0 Å². The Labute approximate surface area is 204 Å². The summed E-state index contributed by atoms with van der Waals surface area (Å²) in [6.45, 7) is 5.25. The van der Waals surface area contributed by atoms with Gasteiger partial charge in [-0.25, -0.2) is 22.9 Å². The Bertz CT molecular complexity index is 1360.